The van der Waals surface area contributed by atoms with Gasteiger partial charge >= 0.3 is 5.97 Å². The van der Waals surface area contributed by atoms with Crippen LogP contribution in [-0.2, 0) is 52.7 Å². The second-order valence-electron chi connectivity index (χ2n) is 22.0. The first-order chi connectivity index (χ1) is 44.3. The molecule has 10 amide bonds. The summed E-state index contributed by atoms with van der Waals surface area (Å²) in [4.78, 5) is 164. The van der Waals surface area contributed by atoms with Crippen molar-refractivity contribution >= 4 is 88.9 Å². The molecule has 0 rings (SSSR count). The Balaban J connectivity index is 6.40. The first kappa shape index (κ1) is 84.1. The highest BCUT2D eigenvalue weighted by Crippen LogP contribution is 2.11. The van der Waals surface area contributed by atoms with Crippen molar-refractivity contribution in [1.82, 2.24) is 53.2 Å². The maximum absolute atomic E-state index is 14.1. The van der Waals surface area contributed by atoms with E-state index in [2.05, 4.69) is 80.1 Å². The van der Waals surface area contributed by atoms with Gasteiger partial charge in [-0.05, 0) is 135 Å². The Kier molecular flexibility index (Phi) is 46.8. The van der Waals surface area contributed by atoms with Crippen molar-refractivity contribution in [3.63, 3.8) is 0 Å². The van der Waals surface area contributed by atoms with Crippen molar-refractivity contribution in [3.05, 3.63) is 0 Å². The Hall–Kier alpha value is -8.87. The number of unbranched alkanes of at least 4 members (excludes halogenated alkanes) is 7. The Morgan fingerprint density at radius 1 is 0.312 bits per heavy atom. The molecule has 0 saturated heterocycles. The average molecular weight is 1320 g/mol. The Bertz CT molecular complexity index is 2420. The highest BCUT2D eigenvalue weighted by atomic mass is 16.4. The van der Waals surface area contributed by atoms with Crippen LogP contribution in [0.4, 0.5) is 0 Å². The zero-order valence-electron chi connectivity index (χ0n) is 54.0. The summed E-state index contributed by atoms with van der Waals surface area (Å²) in [6.07, 6.45) is 7.94. The molecule has 0 bridgehead atoms. The van der Waals surface area contributed by atoms with Crippen molar-refractivity contribution in [1.29, 1.82) is 0 Å². The molecule has 0 aliphatic heterocycles. The van der Waals surface area contributed by atoms with E-state index in [0.717, 1.165) is 25.7 Å². The molecule has 0 aliphatic carbocycles. The van der Waals surface area contributed by atoms with E-state index in [9.17, 15) is 57.8 Å². The summed E-state index contributed by atoms with van der Waals surface area (Å²) in [5.41, 5.74) is 60.8. The lowest BCUT2D eigenvalue weighted by Gasteiger charge is -2.26. The third kappa shape index (κ3) is 43.5. The number of aliphatic carboxylic acids is 1. The molecule has 0 fully saturated rings. The third-order valence-electron chi connectivity index (χ3n) is 13.9. The largest absolute Gasteiger partial charge is 0.480 e. The minimum absolute atomic E-state index is 0.0138. The van der Waals surface area contributed by atoms with E-state index < -0.39 is 121 Å². The van der Waals surface area contributed by atoms with Gasteiger partial charge in [0.25, 0.3) is 0 Å². The zero-order chi connectivity index (χ0) is 69.9. The number of nitrogens with zero attached hydrogens (tertiary/aromatic N) is 4. The Morgan fingerprint density at radius 2 is 0.591 bits per heavy atom. The van der Waals surface area contributed by atoms with Crippen LogP contribution in [0.5, 0.6) is 0 Å². The first-order valence-electron chi connectivity index (χ1n) is 31.7. The summed E-state index contributed by atoms with van der Waals surface area (Å²) in [7, 11) is 0. The summed E-state index contributed by atoms with van der Waals surface area (Å²) >= 11 is 0. The van der Waals surface area contributed by atoms with E-state index in [1.165, 1.54) is 0 Å². The number of amides is 10. The van der Waals surface area contributed by atoms with Crippen LogP contribution in [0.1, 0.15) is 155 Å². The quantitative estimate of drug-likeness (QED) is 0.0153. The highest BCUT2D eigenvalue weighted by molar-refractivity contribution is 5.97. The average Bonchev–Trinajstić information content (AvgIpc) is 1.10. The van der Waals surface area contributed by atoms with Crippen molar-refractivity contribution in [3.8, 4) is 0 Å². The second kappa shape index (κ2) is 51.7. The van der Waals surface area contributed by atoms with Crippen molar-refractivity contribution < 1.29 is 57.8 Å². The number of carboxylic acids is 1. The molecule has 0 aliphatic rings. The Morgan fingerprint density at radius 3 is 0.935 bits per heavy atom. The molecule has 37 heteroatoms. The molecule has 0 aromatic carbocycles. The molecule has 0 spiro atoms. The maximum atomic E-state index is 14.1. The molecular weight excluding hydrogens is 1210 g/mol. The van der Waals surface area contributed by atoms with Crippen molar-refractivity contribution in [2.24, 2.45) is 83.0 Å². The number of hydrogen-bond donors (Lipinski definition) is 22. The summed E-state index contributed by atoms with van der Waals surface area (Å²) < 4.78 is 0. The number of carboxylic acid groups (broad SMARTS) is 1. The fourth-order valence-corrected chi connectivity index (χ4v) is 8.92. The van der Waals surface area contributed by atoms with Gasteiger partial charge in [-0.3, -0.25) is 67.9 Å². The molecule has 0 aromatic heterocycles. The lowest BCUT2D eigenvalue weighted by Crippen LogP contribution is -2.58. The van der Waals surface area contributed by atoms with Crippen LogP contribution >= 0.6 is 0 Å². The first-order valence-corrected chi connectivity index (χ1v) is 31.7. The number of nitrogens with two attached hydrogens (primary N) is 11. The molecule has 0 saturated carbocycles. The predicted octanol–water partition coefficient (Wildman–Crippen LogP) is -7.22. The summed E-state index contributed by atoms with van der Waals surface area (Å²) in [6, 6.07) is -8.96. The molecule has 33 N–H and O–H groups in total. The molecular formula is C56H109N25O12. The number of carbonyl (C=O) groups excluding carboxylic acids is 10. The SMILES string of the molecule is CCCCCCCC(=O)N[C@@H](CCCN=C(N)N)C(=O)NCC(=O)N[C@@H](CCCN=C(N)N)C(=O)N[C@@H](CCCCN)C(=O)NCC(=O)NCC(=O)N[C@@H](CCCN=C(N)N)C(=O)N[C@@H](CCCN=C(N)N)C(=O)N[C@@H](CCCCN)C(=O)N[C@@H](CCCCN)C(=O)O. The van der Waals surface area contributed by atoms with E-state index in [-0.39, 0.29) is 140 Å². The minimum Gasteiger partial charge on any atom is -0.480 e. The lowest BCUT2D eigenvalue weighted by molar-refractivity contribution is -0.142. The van der Waals surface area contributed by atoms with Crippen LogP contribution in [0.15, 0.2) is 20.0 Å². The summed E-state index contributed by atoms with van der Waals surface area (Å²) in [5.74, 6) is -9.91. The third-order valence-corrected chi connectivity index (χ3v) is 13.9. The normalized spacial score (nSPS) is 13.0. The monoisotopic (exact) mass is 1320 g/mol. The lowest BCUT2D eigenvalue weighted by atomic mass is 10.0. The van der Waals surface area contributed by atoms with Gasteiger partial charge in [0, 0.05) is 32.6 Å². The van der Waals surface area contributed by atoms with Gasteiger partial charge in [0.15, 0.2) is 23.8 Å². The molecule has 0 aromatic rings. The van der Waals surface area contributed by atoms with E-state index >= 15 is 0 Å². The zero-order valence-corrected chi connectivity index (χ0v) is 54.0. The smallest absolute Gasteiger partial charge is 0.326 e. The predicted molar refractivity (Wildman–Crippen MR) is 352 cm³/mol. The second-order valence-corrected chi connectivity index (χ2v) is 22.0. The fraction of sp³-hybridized carbons (Fsp3) is 0.732. The van der Waals surface area contributed by atoms with Crippen molar-refractivity contribution in [2.45, 2.75) is 197 Å². The van der Waals surface area contributed by atoms with E-state index in [1.807, 2.05) is 0 Å². The van der Waals surface area contributed by atoms with E-state index in [4.69, 9.17) is 63.1 Å². The molecule has 37 nitrogen and oxygen atoms in total. The maximum Gasteiger partial charge on any atom is 0.326 e. The number of nitrogens with one attached hydrogen (secondary N) is 10. The minimum atomic E-state index is -1.39. The number of rotatable bonds is 54. The van der Waals surface area contributed by atoms with Gasteiger partial charge in [0.2, 0.25) is 59.1 Å². The highest BCUT2D eigenvalue weighted by Gasteiger charge is 2.32. The van der Waals surface area contributed by atoms with Crippen molar-refractivity contribution in [2.75, 3.05) is 65.4 Å². The summed E-state index contributed by atoms with van der Waals surface area (Å²) in [5, 5.41) is 35.3. The van der Waals surface area contributed by atoms with Gasteiger partial charge in [-0.1, -0.05) is 32.6 Å². The molecule has 0 radical (unpaired) electrons. The van der Waals surface area contributed by atoms with Gasteiger partial charge in [0.05, 0.1) is 19.6 Å². The van der Waals surface area contributed by atoms with E-state index in [0.29, 0.717) is 57.9 Å². The van der Waals surface area contributed by atoms with Crippen LogP contribution < -0.4 is 116 Å². The number of guanidine groups is 4. The number of hydrogen-bond acceptors (Lipinski definition) is 18. The van der Waals surface area contributed by atoms with Crippen LogP contribution in [-0.4, -0.2) is 202 Å². The molecule has 7 atom stereocenters. The Labute approximate surface area is 543 Å². The fourth-order valence-electron chi connectivity index (χ4n) is 8.92. The van der Waals surface area contributed by atoms with Crippen LogP contribution in [0.3, 0.4) is 0 Å². The summed E-state index contributed by atoms with van der Waals surface area (Å²) in [6.45, 7) is 1.09. The standard InChI is InChI=1S/C56H109N25O12/c1-2-3-4-5-6-24-42(82)75-35(20-13-28-68-53(60)61)46(86)74-34-45(85)77-37(21-14-29-69-54(62)63)48(88)78-36(17-7-10-25-57)47(87)73-32-43(83)72-33-44(84)76-38(22-15-30-70-55(64)65)49(89)80-40(23-16-31-71-56(66)67)50(90)79-39(18-8-11-26-58)51(91)81-41(52(92)93)19-9-12-27-59/h35-41H,2-34,57-59H2,1H3,(H,72,83)(H,73,87)(H,74,86)(H,75,82)(H,76,84)(H,77,85)(H,78,88)(H,79,90)(H,80,89)(H,81,91)(H,92,93)(H4,60,61,68)(H4,62,63,69)(H4,64,65,70)(H4,66,67,71)/t35-,36-,37-,38-,39-,40-,41-/m0/s1. The molecule has 530 valence electrons. The topological polar surface area (TPSA) is 664 Å². The van der Waals surface area contributed by atoms with Gasteiger partial charge in [-0.2, -0.15) is 0 Å². The molecule has 0 unspecified atom stereocenters. The van der Waals surface area contributed by atoms with Crippen LogP contribution in [0, 0.1) is 0 Å². The van der Waals surface area contributed by atoms with E-state index in [1.54, 1.807) is 0 Å². The molecule has 0 heterocycles. The van der Waals surface area contributed by atoms with Crippen LogP contribution in [0.25, 0.3) is 0 Å². The van der Waals surface area contributed by atoms with Gasteiger partial charge in [-0.15, -0.1) is 0 Å². The van der Waals surface area contributed by atoms with Gasteiger partial charge in [-0.25, -0.2) is 4.79 Å². The number of carbonyl (C=O) groups is 11. The van der Waals surface area contributed by atoms with Gasteiger partial charge in [0.1, 0.15) is 42.3 Å². The van der Waals surface area contributed by atoms with Crippen LogP contribution in [0.2, 0.25) is 0 Å². The molecule has 93 heavy (non-hydrogen) atoms. The number of aliphatic imine (C=N–C) groups is 4. The van der Waals surface area contributed by atoms with Gasteiger partial charge < -0.3 is 121 Å².